The number of rotatable bonds is 10. The maximum absolute atomic E-state index is 12.9. The summed E-state index contributed by atoms with van der Waals surface area (Å²) >= 11 is 6.06. The van der Waals surface area contributed by atoms with Crippen molar-refractivity contribution >= 4 is 48.9 Å². The molecule has 3 N–H and O–H groups in total. The molecule has 0 unspecified atom stereocenters. The molecule has 0 aliphatic rings. The van der Waals surface area contributed by atoms with Gasteiger partial charge in [0.1, 0.15) is 4.90 Å². The summed E-state index contributed by atoms with van der Waals surface area (Å²) < 4.78 is 63.4. The number of aromatic nitrogens is 1. The van der Waals surface area contributed by atoms with Crippen LogP contribution in [0.1, 0.15) is 43.6 Å². The van der Waals surface area contributed by atoms with Gasteiger partial charge in [0.2, 0.25) is 5.88 Å². The van der Waals surface area contributed by atoms with Gasteiger partial charge in [0.05, 0.1) is 22.9 Å². The zero-order chi connectivity index (χ0) is 31.8. The van der Waals surface area contributed by atoms with Gasteiger partial charge in [0, 0.05) is 33.9 Å². The molecule has 0 fully saturated rings. The van der Waals surface area contributed by atoms with Crippen LogP contribution in [0.3, 0.4) is 0 Å². The van der Waals surface area contributed by atoms with Crippen LogP contribution in [0.15, 0.2) is 101 Å². The largest absolute Gasteiger partial charge is 0.475 e. The highest BCUT2D eigenvalue weighted by molar-refractivity contribution is 7.92. The van der Waals surface area contributed by atoms with Crippen molar-refractivity contribution in [1.82, 2.24) is 4.98 Å². The van der Waals surface area contributed by atoms with E-state index in [1.807, 2.05) is 27.7 Å². The summed E-state index contributed by atoms with van der Waals surface area (Å²) in [6.07, 6.45) is 1.02. The average Bonchev–Trinajstić information content (AvgIpc) is 2.94. The molecule has 0 aliphatic heterocycles. The summed E-state index contributed by atoms with van der Waals surface area (Å²) in [6.45, 7) is 7.66. The number of halogens is 1. The van der Waals surface area contributed by atoms with Crippen molar-refractivity contribution in [1.29, 1.82) is 0 Å². The van der Waals surface area contributed by atoms with Crippen LogP contribution in [0.25, 0.3) is 0 Å². The summed E-state index contributed by atoms with van der Waals surface area (Å²) in [5.41, 5.74) is 1.63. The molecule has 4 rings (SSSR count). The molecule has 0 bridgehead atoms. The third-order valence-corrected chi connectivity index (χ3v) is 7.94. The summed E-state index contributed by atoms with van der Waals surface area (Å²) in [7, 11) is -8.05. The summed E-state index contributed by atoms with van der Waals surface area (Å²) in [4.78, 5) is 16.5. The predicted molar refractivity (Wildman–Crippen MR) is 167 cm³/mol. The van der Waals surface area contributed by atoms with Gasteiger partial charge in [-0.3, -0.25) is 14.1 Å². The number of hydrogen-bond acceptors (Lipinski definition) is 8. The molecule has 1 aromatic heterocycles. The molecule has 0 saturated carbocycles. The highest BCUT2D eigenvalue weighted by Crippen LogP contribution is 2.26. The monoisotopic (exact) mass is 645 g/mol. The van der Waals surface area contributed by atoms with Gasteiger partial charge in [-0.2, -0.15) is 8.42 Å². The lowest BCUT2D eigenvalue weighted by Crippen LogP contribution is -2.16. The molecule has 228 valence electrons. The van der Waals surface area contributed by atoms with E-state index in [-0.39, 0.29) is 39.0 Å². The highest BCUT2D eigenvalue weighted by Gasteiger charge is 2.20. The lowest BCUT2D eigenvalue weighted by molar-refractivity contribution is 0.103. The summed E-state index contributed by atoms with van der Waals surface area (Å²) in [6, 6.07) is 22.4. The summed E-state index contributed by atoms with van der Waals surface area (Å²) in [5.74, 6) is 0.00896. The van der Waals surface area contributed by atoms with Crippen molar-refractivity contribution in [3.05, 3.63) is 107 Å². The number of hydrogen-bond donors (Lipinski definition) is 3. The number of nitrogens with one attached hydrogen (secondary N) is 2. The number of pyridine rings is 1. The maximum atomic E-state index is 12.9. The van der Waals surface area contributed by atoms with Crippen LogP contribution in [-0.4, -0.2) is 44.3 Å². The minimum absolute atomic E-state index is 0.0286. The summed E-state index contributed by atoms with van der Waals surface area (Å²) in [5, 5.41) is 3.55. The smallest absolute Gasteiger partial charge is 0.296 e. The quantitative estimate of drug-likeness (QED) is 0.133. The standard InChI is InChI=1S/C22H21ClN2O3S.C8H11NO4S/c1-15(2)24-18-9-11-19(12-10-18)29(27,28)25-21-13-8-17(23)14-20(21)22(26)16-6-4-3-5-7-16;1-6(2)13-8-4-3-7(5-9-8)14(10,11)12/h3-15,24-25H,1-2H3;3-6H,1-2H3,(H,10,11,12). The van der Waals surface area contributed by atoms with Crippen LogP contribution in [0.4, 0.5) is 11.4 Å². The van der Waals surface area contributed by atoms with E-state index in [9.17, 15) is 21.6 Å². The Labute approximate surface area is 256 Å². The van der Waals surface area contributed by atoms with E-state index < -0.39 is 20.1 Å². The number of carbonyl (C=O) groups is 1. The van der Waals surface area contributed by atoms with Gasteiger partial charge in [0.25, 0.3) is 20.1 Å². The van der Waals surface area contributed by atoms with Crippen LogP contribution < -0.4 is 14.8 Å². The second-order valence-electron chi connectivity index (χ2n) is 9.79. The van der Waals surface area contributed by atoms with Gasteiger partial charge in [-0.05, 0) is 76.2 Å². The van der Waals surface area contributed by atoms with Gasteiger partial charge in [-0.25, -0.2) is 13.4 Å². The van der Waals surface area contributed by atoms with Crippen LogP contribution >= 0.6 is 11.6 Å². The lowest BCUT2D eigenvalue weighted by Gasteiger charge is -2.14. The van der Waals surface area contributed by atoms with Crippen LogP contribution in [0.5, 0.6) is 5.88 Å². The van der Waals surface area contributed by atoms with E-state index in [0.717, 1.165) is 11.9 Å². The number of benzene rings is 3. The number of nitrogens with zero attached hydrogens (tertiary/aromatic N) is 1. The molecule has 13 heteroatoms. The number of ether oxygens (including phenoxy) is 1. The average molecular weight is 646 g/mol. The fourth-order valence-electron chi connectivity index (χ4n) is 3.64. The molecular weight excluding hydrogens is 614 g/mol. The Hall–Kier alpha value is -3.97. The molecular formula is C30H32ClN3O7S2. The third-order valence-electron chi connectivity index (χ3n) is 5.49. The lowest BCUT2D eigenvalue weighted by atomic mass is 10.0. The Morgan fingerprint density at radius 2 is 1.49 bits per heavy atom. The second-order valence-corrected chi connectivity index (χ2v) is 13.3. The van der Waals surface area contributed by atoms with Crippen molar-refractivity contribution in [3.63, 3.8) is 0 Å². The third kappa shape index (κ3) is 10.1. The van der Waals surface area contributed by atoms with E-state index >= 15 is 0 Å². The molecule has 0 spiro atoms. The minimum Gasteiger partial charge on any atom is -0.475 e. The minimum atomic E-state index is -4.17. The Kier molecular flexibility index (Phi) is 11.3. The highest BCUT2D eigenvalue weighted by atomic mass is 35.5. The molecule has 0 radical (unpaired) electrons. The van der Waals surface area contributed by atoms with E-state index in [4.69, 9.17) is 20.9 Å². The van der Waals surface area contributed by atoms with Crippen molar-refractivity contribution in [2.45, 2.75) is 49.6 Å². The van der Waals surface area contributed by atoms with Gasteiger partial charge in [0.15, 0.2) is 5.78 Å². The number of carbonyl (C=O) groups excluding carboxylic acids is 1. The number of anilines is 2. The molecule has 0 atom stereocenters. The Bertz CT molecular complexity index is 1750. The fourth-order valence-corrected chi connectivity index (χ4v) is 5.31. The first-order valence-electron chi connectivity index (χ1n) is 13.0. The SMILES string of the molecule is CC(C)Nc1ccc(S(=O)(=O)Nc2ccc(Cl)cc2C(=O)c2ccccc2)cc1.CC(C)Oc1ccc(S(=O)(=O)O)cn1. The number of ketones is 1. The fraction of sp³-hybridized carbons (Fsp3) is 0.200. The van der Waals surface area contributed by atoms with Crippen molar-refractivity contribution < 1.29 is 30.9 Å². The van der Waals surface area contributed by atoms with Crippen molar-refractivity contribution in [2.24, 2.45) is 0 Å². The van der Waals surface area contributed by atoms with Gasteiger partial charge in [-0.1, -0.05) is 41.9 Å². The van der Waals surface area contributed by atoms with E-state index in [2.05, 4.69) is 15.0 Å². The first-order valence-corrected chi connectivity index (χ1v) is 16.3. The number of sulfonamides is 1. The van der Waals surface area contributed by atoms with Crippen LogP contribution in [0.2, 0.25) is 5.02 Å². The van der Waals surface area contributed by atoms with E-state index in [0.29, 0.717) is 16.5 Å². The first kappa shape index (κ1) is 33.5. The van der Waals surface area contributed by atoms with Gasteiger partial charge >= 0.3 is 0 Å². The van der Waals surface area contributed by atoms with Gasteiger partial charge < -0.3 is 10.1 Å². The Morgan fingerprint density at radius 3 is 2.02 bits per heavy atom. The normalized spacial score (nSPS) is 11.4. The molecule has 0 amide bonds. The molecule has 0 aliphatic carbocycles. The van der Waals surface area contributed by atoms with Crippen LogP contribution in [-0.2, 0) is 20.1 Å². The zero-order valence-corrected chi connectivity index (χ0v) is 26.2. The van der Waals surface area contributed by atoms with E-state index in [1.54, 1.807) is 42.5 Å². The molecule has 1 heterocycles. The maximum Gasteiger partial charge on any atom is 0.296 e. The molecule has 0 saturated heterocycles. The zero-order valence-electron chi connectivity index (χ0n) is 23.9. The predicted octanol–water partition coefficient (Wildman–Crippen LogP) is 6.31. The first-order chi connectivity index (χ1) is 20.2. The molecule has 3 aromatic carbocycles. The van der Waals surface area contributed by atoms with Gasteiger partial charge in [-0.15, -0.1) is 0 Å². The second kappa shape index (κ2) is 14.5. The molecule has 4 aromatic rings. The topological polar surface area (TPSA) is 152 Å². The van der Waals surface area contributed by atoms with Crippen LogP contribution in [0, 0.1) is 0 Å². The molecule has 43 heavy (non-hydrogen) atoms. The Balaban J connectivity index is 0.000000303. The molecule has 10 nitrogen and oxygen atoms in total. The Morgan fingerprint density at radius 1 is 0.860 bits per heavy atom. The van der Waals surface area contributed by atoms with Crippen molar-refractivity contribution in [3.8, 4) is 5.88 Å². The van der Waals surface area contributed by atoms with Crippen molar-refractivity contribution in [2.75, 3.05) is 10.0 Å². The van der Waals surface area contributed by atoms with E-state index in [1.165, 1.54) is 42.5 Å².